The Morgan fingerprint density at radius 2 is 1.67 bits per heavy atom. The van der Waals surface area contributed by atoms with Gasteiger partial charge in [-0.05, 0) is 23.3 Å². The average molecular weight is 440 g/mol. The second kappa shape index (κ2) is 9.40. The Hall–Kier alpha value is -3.74. The van der Waals surface area contributed by atoms with Crippen molar-refractivity contribution in [2.45, 2.75) is 18.4 Å². The number of imidazole rings is 1. The number of nitrogens with zero attached hydrogens (tertiary/aromatic N) is 2. The molecule has 1 saturated heterocycles. The molecule has 0 bridgehead atoms. The number of carbonyl (C=O) groups is 1. The number of benzene rings is 3. The summed E-state index contributed by atoms with van der Waals surface area (Å²) < 4.78 is 20.0. The fraction of sp³-hybridized carbons (Fsp3) is 0.185. The molecule has 0 saturated carbocycles. The summed E-state index contributed by atoms with van der Waals surface area (Å²) in [5.74, 6) is -1.38. The summed E-state index contributed by atoms with van der Waals surface area (Å²) in [6, 6.07) is 27.3. The summed E-state index contributed by atoms with van der Waals surface area (Å²) in [6.07, 6.45) is 4.95. The average Bonchev–Trinajstić information content (AvgIpc) is 3.55. The molecule has 1 aliphatic rings. The molecule has 33 heavy (non-hydrogen) atoms. The number of aromatic nitrogens is 2. The summed E-state index contributed by atoms with van der Waals surface area (Å²) in [7, 11) is 0. The smallest absolute Gasteiger partial charge is 0.338 e. The van der Waals surface area contributed by atoms with E-state index in [0.717, 1.165) is 16.7 Å². The van der Waals surface area contributed by atoms with Crippen molar-refractivity contribution in [2.24, 2.45) is 0 Å². The maximum absolute atomic E-state index is 12.3. The Labute approximate surface area is 192 Å². The molecule has 1 fully saturated rings. The molecule has 6 heteroatoms. The normalized spacial score (nSPS) is 19.9. The second-order valence-corrected chi connectivity index (χ2v) is 7.95. The Balaban J connectivity index is 1.33. The molecule has 4 aromatic rings. The quantitative estimate of drug-likeness (QED) is 0.391. The molecule has 0 radical (unpaired) electrons. The van der Waals surface area contributed by atoms with Crippen molar-refractivity contribution in [1.29, 1.82) is 0 Å². The first kappa shape index (κ1) is 21.1. The van der Waals surface area contributed by atoms with E-state index in [1.807, 2.05) is 47.2 Å². The maximum atomic E-state index is 12.3. The highest BCUT2D eigenvalue weighted by molar-refractivity contribution is 5.89. The standard InChI is InChI=1S/C27H24N2O4/c30-26(23-9-5-2-6-10-23)31-17-25-18-32-27(33-25,19-29-16-15-28-20-29)24-13-11-22(12-14-24)21-7-3-1-4-8-21/h1-16,20,25H,17-19H2/t25-,27+/m1/s1. The van der Waals surface area contributed by atoms with Crippen LogP contribution in [0, 0.1) is 0 Å². The number of carbonyl (C=O) groups excluding carboxylic acids is 1. The van der Waals surface area contributed by atoms with Gasteiger partial charge in [0.05, 0.1) is 25.0 Å². The maximum Gasteiger partial charge on any atom is 0.338 e. The zero-order valence-electron chi connectivity index (χ0n) is 18.0. The fourth-order valence-corrected chi connectivity index (χ4v) is 3.97. The van der Waals surface area contributed by atoms with Gasteiger partial charge in [-0.15, -0.1) is 0 Å². The lowest BCUT2D eigenvalue weighted by Gasteiger charge is -2.29. The number of hydrogen-bond acceptors (Lipinski definition) is 5. The van der Waals surface area contributed by atoms with Gasteiger partial charge in [0.2, 0.25) is 5.79 Å². The van der Waals surface area contributed by atoms with Gasteiger partial charge >= 0.3 is 5.97 Å². The van der Waals surface area contributed by atoms with Gasteiger partial charge in [0.15, 0.2) is 0 Å². The van der Waals surface area contributed by atoms with Crippen LogP contribution in [0.3, 0.4) is 0 Å². The second-order valence-electron chi connectivity index (χ2n) is 7.95. The largest absolute Gasteiger partial charge is 0.459 e. The Bertz CT molecular complexity index is 1180. The highest BCUT2D eigenvalue weighted by atomic mass is 16.8. The van der Waals surface area contributed by atoms with E-state index in [9.17, 15) is 4.79 Å². The number of rotatable bonds is 7. The highest BCUT2D eigenvalue weighted by Crippen LogP contribution is 2.37. The lowest BCUT2D eigenvalue weighted by molar-refractivity contribution is -0.190. The van der Waals surface area contributed by atoms with Gasteiger partial charge in [-0.3, -0.25) is 0 Å². The summed E-state index contributed by atoms with van der Waals surface area (Å²) in [5.41, 5.74) is 3.67. The molecule has 5 rings (SSSR count). The van der Waals surface area contributed by atoms with E-state index < -0.39 is 5.79 Å². The molecule has 1 aliphatic heterocycles. The molecule has 0 N–H and O–H groups in total. The van der Waals surface area contributed by atoms with Gasteiger partial charge in [-0.25, -0.2) is 9.78 Å². The van der Waals surface area contributed by atoms with Gasteiger partial charge < -0.3 is 18.8 Å². The molecular formula is C27H24N2O4. The van der Waals surface area contributed by atoms with E-state index in [-0.39, 0.29) is 18.7 Å². The first-order valence-corrected chi connectivity index (χ1v) is 10.9. The van der Waals surface area contributed by atoms with E-state index in [1.54, 1.807) is 36.8 Å². The molecule has 0 aliphatic carbocycles. The van der Waals surface area contributed by atoms with Crippen LogP contribution in [0.25, 0.3) is 11.1 Å². The van der Waals surface area contributed by atoms with E-state index >= 15 is 0 Å². The highest BCUT2D eigenvalue weighted by Gasteiger charge is 2.44. The zero-order chi connectivity index (χ0) is 22.5. The number of hydrogen-bond donors (Lipinski definition) is 0. The van der Waals surface area contributed by atoms with Crippen LogP contribution in [0.5, 0.6) is 0 Å². The van der Waals surface area contributed by atoms with Crippen LogP contribution in [0.15, 0.2) is 104 Å². The molecule has 2 heterocycles. The van der Waals surface area contributed by atoms with E-state index in [4.69, 9.17) is 14.2 Å². The molecule has 0 unspecified atom stereocenters. The van der Waals surface area contributed by atoms with Crippen LogP contribution in [0.2, 0.25) is 0 Å². The van der Waals surface area contributed by atoms with E-state index in [2.05, 4.69) is 29.2 Å². The third-order valence-corrected chi connectivity index (χ3v) is 5.65. The third-order valence-electron chi connectivity index (χ3n) is 5.65. The molecule has 2 atom stereocenters. The predicted molar refractivity (Wildman–Crippen MR) is 123 cm³/mol. The van der Waals surface area contributed by atoms with Crippen LogP contribution in [-0.4, -0.2) is 34.8 Å². The van der Waals surface area contributed by atoms with Crippen molar-refractivity contribution in [3.05, 3.63) is 115 Å². The van der Waals surface area contributed by atoms with Crippen LogP contribution < -0.4 is 0 Å². The van der Waals surface area contributed by atoms with Gasteiger partial charge in [0.1, 0.15) is 12.7 Å². The SMILES string of the molecule is O=C(OC[C@@H]1CO[C@](Cn2ccnc2)(c2ccc(-c3ccccc3)cc2)O1)c1ccccc1. The van der Waals surface area contributed by atoms with Crippen molar-refractivity contribution < 1.29 is 19.0 Å². The zero-order valence-corrected chi connectivity index (χ0v) is 18.0. The molecular weight excluding hydrogens is 416 g/mol. The van der Waals surface area contributed by atoms with Gasteiger partial charge in [0, 0.05) is 18.0 Å². The van der Waals surface area contributed by atoms with Crippen LogP contribution in [0.1, 0.15) is 15.9 Å². The molecule has 6 nitrogen and oxygen atoms in total. The van der Waals surface area contributed by atoms with E-state index in [0.29, 0.717) is 18.7 Å². The Kier molecular flexibility index (Phi) is 6.02. The molecule has 0 amide bonds. The summed E-state index contributed by atoms with van der Waals surface area (Å²) in [6.45, 7) is 0.861. The molecule has 166 valence electrons. The summed E-state index contributed by atoms with van der Waals surface area (Å²) >= 11 is 0. The lowest BCUT2D eigenvalue weighted by Crippen LogP contribution is -2.34. The Morgan fingerprint density at radius 3 is 2.36 bits per heavy atom. The summed E-state index contributed by atoms with van der Waals surface area (Å²) in [4.78, 5) is 16.5. The monoisotopic (exact) mass is 440 g/mol. The first-order chi connectivity index (χ1) is 16.2. The van der Waals surface area contributed by atoms with Crippen LogP contribution >= 0.6 is 0 Å². The number of esters is 1. The molecule has 1 aromatic heterocycles. The van der Waals surface area contributed by atoms with Crippen molar-refractivity contribution in [3.63, 3.8) is 0 Å². The van der Waals surface area contributed by atoms with Crippen molar-refractivity contribution in [3.8, 4) is 11.1 Å². The van der Waals surface area contributed by atoms with Crippen molar-refractivity contribution >= 4 is 5.97 Å². The van der Waals surface area contributed by atoms with Crippen molar-refractivity contribution in [1.82, 2.24) is 9.55 Å². The van der Waals surface area contributed by atoms with Gasteiger partial charge in [-0.1, -0.05) is 72.8 Å². The van der Waals surface area contributed by atoms with E-state index in [1.165, 1.54) is 0 Å². The van der Waals surface area contributed by atoms with Gasteiger partial charge in [0.25, 0.3) is 0 Å². The van der Waals surface area contributed by atoms with Crippen LogP contribution in [-0.2, 0) is 26.5 Å². The Morgan fingerprint density at radius 1 is 0.970 bits per heavy atom. The lowest BCUT2D eigenvalue weighted by atomic mass is 10.00. The molecule has 3 aromatic carbocycles. The van der Waals surface area contributed by atoms with Crippen LogP contribution in [0.4, 0.5) is 0 Å². The van der Waals surface area contributed by atoms with Gasteiger partial charge in [-0.2, -0.15) is 0 Å². The predicted octanol–water partition coefficient (Wildman–Crippen LogP) is 4.68. The molecule has 0 spiro atoms. The minimum Gasteiger partial charge on any atom is -0.459 e. The van der Waals surface area contributed by atoms with Crippen molar-refractivity contribution in [2.75, 3.05) is 13.2 Å². The topological polar surface area (TPSA) is 62.6 Å². The fourth-order valence-electron chi connectivity index (χ4n) is 3.97. The number of ether oxygens (including phenoxy) is 3. The minimum absolute atomic E-state index is 0.113. The summed E-state index contributed by atoms with van der Waals surface area (Å²) in [5, 5.41) is 0. The first-order valence-electron chi connectivity index (χ1n) is 10.9. The third kappa shape index (κ3) is 4.72. The minimum atomic E-state index is -1.00.